The third-order valence-corrected chi connectivity index (χ3v) is 5.18. The molecular formula is C19H19F2NO3S. The summed E-state index contributed by atoms with van der Waals surface area (Å²) in [5.41, 5.74) is -0.604. The minimum absolute atomic E-state index is 0.0285. The first-order chi connectivity index (χ1) is 12.4. The van der Waals surface area contributed by atoms with Crippen LogP contribution in [0.3, 0.4) is 0 Å². The normalized spacial score (nSPS) is 13.0. The molecule has 0 fully saturated rings. The first-order valence-electron chi connectivity index (χ1n) is 8.02. The van der Waals surface area contributed by atoms with Crippen molar-refractivity contribution < 1.29 is 23.5 Å². The maximum Gasteiger partial charge on any atom is 0.315 e. The molecular weight excluding hydrogens is 360 g/mol. The zero-order valence-electron chi connectivity index (χ0n) is 14.2. The van der Waals surface area contributed by atoms with E-state index in [2.05, 4.69) is 5.32 Å². The molecule has 1 atom stereocenters. The van der Waals surface area contributed by atoms with E-state index in [0.717, 1.165) is 23.9 Å². The molecule has 0 aliphatic heterocycles. The molecule has 2 N–H and O–H groups in total. The second-order valence-corrected chi connectivity index (χ2v) is 6.80. The van der Waals surface area contributed by atoms with Gasteiger partial charge in [-0.1, -0.05) is 37.3 Å². The van der Waals surface area contributed by atoms with E-state index in [1.807, 2.05) is 0 Å². The largest absolute Gasteiger partial charge is 0.481 e. The van der Waals surface area contributed by atoms with Crippen molar-refractivity contribution in [2.24, 2.45) is 0 Å². The first-order valence-corrected chi connectivity index (χ1v) is 9.01. The number of amides is 1. The van der Waals surface area contributed by atoms with Gasteiger partial charge in [0, 0.05) is 11.4 Å². The van der Waals surface area contributed by atoms with Crippen LogP contribution in [0.15, 0.2) is 53.4 Å². The van der Waals surface area contributed by atoms with Crippen molar-refractivity contribution in [3.05, 3.63) is 65.7 Å². The first kappa shape index (κ1) is 19.9. The average molecular weight is 379 g/mol. The van der Waals surface area contributed by atoms with Gasteiger partial charge in [0.25, 0.3) is 0 Å². The molecule has 0 aliphatic rings. The number of hydrogen-bond donors (Lipinski definition) is 2. The highest BCUT2D eigenvalue weighted by Crippen LogP contribution is 2.28. The van der Waals surface area contributed by atoms with Crippen LogP contribution in [-0.2, 0) is 15.0 Å². The van der Waals surface area contributed by atoms with Gasteiger partial charge in [0.05, 0.1) is 5.75 Å². The molecule has 0 heterocycles. The van der Waals surface area contributed by atoms with Crippen molar-refractivity contribution in [1.82, 2.24) is 5.32 Å². The molecule has 0 radical (unpaired) electrons. The van der Waals surface area contributed by atoms with Crippen LogP contribution in [0.5, 0.6) is 0 Å². The van der Waals surface area contributed by atoms with Gasteiger partial charge in [-0.05, 0) is 30.2 Å². The average Bonchev–Trinajstić information content (AvgIpc) is 2.64. The molecule has 2 rings (SSSR count). The maximum absolute atomic E-state index is 13.2. The number of rotatable bonds is 8. The number of carboxylic acid groups (broad SMARTS) is 1. The van der Waals surface area contributed by atoms with Crippen molar-refractivity contribution in [1.29, 1.82) is 0 Å². The summed E-state index contributed by atoms with van der Waals surface area (Å²) in [5, 5.41) is 12.4. The summed E-state index contributed by atoms with van der Waals surface area (Å²) >= 11 is 1.05. The molecule has 2 aromatic rings. The Bertz CT molecular complexity index is 786. The van der Waals surface area contributed by atoms with Gasteiger partial charge < -0.3 is 10.4 Å². The second kappa shape index (κ2) is 8.80. The fourth-order valence-electron chi connectivity index (χ4n) is 2.55. The lowest BCUT2D eigenvalue weighted by Crippen LogP contribution is -2.46. The highest BCUT2D eigenvalue weighted by molar-refractivity contribution is 8.00. The summed E-state index contributed by atoms with van der Waals surface area (Å²) < 4.78 is 26.1. The zero-order chi connectivity index (χ0) is 19.2. The van der Waals surface area contributed by atoms with E-state index in [0.29, 0.717) is 16.9 Å². The van der Waals surface area contributed by atoms with E-state index in [4.69, 9.17) is 0 Å². The van der Waals surface area contributed by atoms with Crippen LogP contribution >= 0.6 is 11.8 Å². The van der Waals surface area contributed by atoms with Crippen molar-refractivity contribution in [2.45, 2.75) is 23.7 Å². The molecule has 0 saturated heterocycles. The monoisotopic (exact) mass is 379 g/mol. The minimum Gasteiger partial charge on any atom is -0.481 e. The lowest BCUT2D eigenvalue weighted by Gasteiger charge is -2.29. The van der Waals surface area contributed by atoms with Crippen LogP contribution in [0.1, 0.15) is 18.9 Å². The van der Waals surface area contributed by atoms with Crippen molar-refractivity contribution in [3.8, 4) is 0 Å². The molecule has 4 nitrogen and oxygen atoms in total. The lowest BCUT2D eigenvalue weighted by atomic mass is 9.78. The van der Waals surface area contributed by atoms with Gasteiger partial charge >= 0.3 is 5.97 Å². The van der Waals surface area contributed by atoms with Crippen LogP contribution in [0.2, 0.25) is 0 Å². The Morgan fingerprint density at radius 3 is 2.38 bits per heavy atom. The molecule has 2 aromatic carbocycles. The van der Waals surface area contributed by atoms with E-state index in [1.165, 1.54) is 6.07 Å². The van der Waals surface area contributed by atoms with E-state index >= 15 is 0 Å². The van der Waals surface area contributed by atoms with Crippen LogP contribution in [0.25, 0.3) is 0 Å². The van der Waals surface area contributed by atoms with Gasteiger partial charge in [0.1, 0.15) is 5.41 Å². The van der Waals surface area contributed by atoms with Crippen LogP contribution < -0.4 is 5.32 Å². The fourth-order valence-corrected chi connectivity index (χ4v) is 3.31. The van der Waals surface area contributed by atoms with Gasteiger partial charge in [-0.25, -0.2) is 8.78 Å². The number of halogens is 2. The number of carboxylic acids is 1. The highest BCUT2D eigenvalue weighted by atomic mass is 32.2. The molecule has 138 valence electrons. The summed E-state index contributed by atoms with van der Waals surface area (Å²) in [6, 6.07) is 12.1. The molecule has 0 saturated carbocycles. The number of hydrogen-bond acceptors (Lipinski definition) is 3. The number of aliphatic carboxylic acids is 1. The zero-order valence-corrected chi connectivity index (χ0v) is 15.0. The van der Waals surface area contributed by atoms with Crippen molar-refractivity contribution in [3.63, 3.8) is 0 Å². The number of thioether (sulfide) groups is 1. The van der Waals surface area contributed by atoms with E-state index in [9.17, 15) is 23.5 Å². The number of carbonyl (C=O) groups is 2. The predicted molar refractivity (Wildman–Crippen MR) is 96.1 cm³/mol. The number of benzene rings is 2. The molecule has 0 bridgehead atoms. The van der Waals surface area contributed by atoms with E-state index in [-0.39, 0.29) is 18.2 Å². The predicted octanol–water partition coefficient (Wildman–Crippen LogP) is 3.61. The highest BCUT2D eigenvalue weighted by Gasteiger charge is 2.38. The van der Waals surface area contributed by atoms with Gasteiger partial charge in [0.15, 0.2) is 11.6 Å². The topological polar surface area (TPSA) is 66.4 Å². The SMILES string of the molecule is CCC(CNC(=O)CSc1ccc(F)c(F)c1)(C(=O)O)c1ccccc1. The third-order valence-electron chi connectivity index (χ3n) is 4.19. The van der Waals surface area contributed by atoms with E-state index < -0.39 is 23.0 Å². The molecule has 7 heteroatoms. The molecule has 1 unspecified atom stereocenters. The van der Waals surface area contributed by atoms with Crippen molar-refractivity contribution >= 4 is 23.6 Å². The van der Waals surface area contributed by atoms with Gasteiger partial charge in [-0.3, -0.25) is 9.59 Å². The van der Waals surface area contributed by atoms with Gasteiger partial charge in [0.2, 0.25) is 5.91 Å². The summed E-state index contributed by atoms with van der Waals surface area (Å²) in [7, 11) is 0. The Kier molecular flexibility index (Phi) is 6.74. The standard InChI is InChI=1S/C19H19F2NO3S/c1-2-19(18(24)25,13-6-4-3-5-7-13)12-22-17(23)11-26-14-8-9-15(20)16(21)10-14/h3-10H,2,11-12H2,1H3,(H,22,23)(H,24,25). The molecule has 0 aliphatic carbocycles. The minimum atomic E-state index is -1.22. The molecule has 0 aromatic heterocycles. The van der Waals surface area contributed by atoms with Crippen LogP contribution in [-0.4, -0.2) is 29.3 Å². The van der Waals surface area contributed by atoms with Crippen LogP contribution in [0.4, 0.5) is 8.78 Å². The Morgan fingerprint density at radius 2 is 1.81 bits per heavy atom. The van der Waals surface area contributed by atoms with Crippen molar-refractivity contribution in [2.75, 3.05) is 12.3 Å². The maximum atomic E-state index is 13.2. The molecule has 1 amide bonds. The smallest absolute Gasteiger partial charge is 0.315 e. The van der Waals surface area contributed by atoms with Gasteiger partial charge in [-0.2, -0.15) is 0 Å². The number of nitrogens with one attached hydrogen (secondary N) is 1. The summed E-state index contributed by atoms with van der Waals surface area (Å²) in [6.45, 7) is 1.70. The van der Waals surface area contributed by atoms with Crippen LogP contribution in [0, 0.1) is 11.6 Å². The summed E-state index contributed by atoms with van der Waals surface area (Å²) in [6.07, 6.45) is 0.308. The third kappa shape index (κ3) is 4.60. The van der Waals surface area contributed by atoms with E-state index in [1.54, 1.807) is 37.3 Å². The second-order valence-electron chi connectivity index (χ2n) is 5.75. The Hall–Kier alpha value is -2.41. The summed E-state index contributed by atoms with van der Waals surface area (Å²) in [5.74, 6) is -3.35. The quantitative estimate of drug-likeness (QED) is 0.688. The fraction of sp³-hybridized carbons (Fsp3) is 0.263. The molecule has 0 spiro atoms. The summed E-state index contributed by atoms with van der Waals surface area (Å²) in [4.78, 5) is 24.4. The van der Waals surface area contributed by atoms with Gasteiger partial charge in [-0.15, -0.1) is 11.8 Å². The Morgan fingerprint density at radius 1 is 1.12 bits per heavy atom. The lowest BCUT2D eigenvalue weighted by molar-refractivity contribution is -0.144. The Labute approximate surface area is 154 Å². The number of carbonyl (C=O) groups excluding carboxylic acids is 1. The Balaban J connectivity index is 2.01. The molecule has 26 heavy (non-hydrogen) atoms.